The average molecular weight is 266 g/mol. The first-order valence-corrected chi connectivity index (χ1v) is 7.17. The SMILES string of the molecule is Cc1ccc(S(=O)(=O)N(C)C(C)CC#N)cc1C. The molecule has 0 aliphatic heterocycles. The monoisotopic (exact) mass is 266 g/mol. The van der Waals surface area contributed by atoms with E-state index in [-0.39, 0.29) is 17.4 Å². The van der Waals surface area contributed by atoms with Gasteiger partial charge in [0.05, 0.1) is 17.4 Å². The van der Waals surface area contributed by atoms with E-state index in [0.717, 1.165) is 11.1 Å². The third kappa shape index (κ3) is 2.89. The average Bonchev–Trinajstić information content (AvgIpc) is 2.31. The summed E-state index contributed by atoms with van der Waals surface area (Å²) in [7, 11) is -2.01. The normalized spacial score (nSPS) is 13.3. The standard InChI is InChI=1S/C13H18N2O2S/c1-10-5-6-13(9-11(10)2)18(16,17)15(4)12(3)7-8-14/h5-6,9,12H,7H2,1-4H3. The van der Waals surface area contributed by atoms with Crippen molar-refractivity contribution < 1.29 is 8.42 Å². The second kappa shape index (κ2) is 5.51. The van der Waals surface area contributed by atoms with Crippen LogP contribution in [0.4, 0.5) is 0 Å². The summed E-state index contributed by atoms with van der Waals surface area (Å²) in [5.74, 6) is 0. The molecule has 0 spiro atoms. The molecule has 1 aromatic rings. The predicted molar refractivity (Wildman–Crippen MR) is 70.6 cm³/mol. The number of benzene rings is 1. The Morgan fingerprint density at radius 2 is 1.94 bits per heavy atom. The Bertz CT molecular complexity index is 573. The van der Waals surface area contributed by atoms with Crippen LogP contribution in [0.1, 0.15) is 24.5 Å². The number of hydrogen-bond acceptors (Lipinski definition) is 3. The number of rotatable bonds is 4. The molecule has 0 aliphatic rings. The third-order valence-electron chi connectivity index (χ3n) is 3.16. The quantitative estimate of drug-likeness (QED) is 0.839. The van der Waals surface area contributed by atoms with E-state index in [1.165, 1.54) is 11.4 Å². The van der Waals surface area contributed by atoms with Crippen molar-refractivity contribution in [2.24, 2.45) is 0 Å². The van der Waals surface area contributed by atoms with E-state index >= 15 is 0 Å². The van der Waals surface area contributed by atoms with Gasteiger partial charge in [-0.05, 0) is 44.0 Å². The van der Waals surface area contributed by atoms with Gasteiger partial charge in [-0.25, -0.2) is 8.42 Å². The molecule has 0 heterocycles. The maximum Gasteiger partial charge on any atom is 0.243 e. The van der Waals surface area contributed by atoms with Crippen LogP contribution >= 0.6 is 0 Å². The Hall–Kier alpha value is -1.38. The fraction of sp³-hybridized carbons (Fsp3) is 0.462. The molecule has 0 saturated carbocycles. The molecule has 0 amide bonds. The number of sulfonamides is 1. The molecule has 0 aromatic heterocycles. The fourth-order valence-electron chi connectivity index (χ4n) is 1.54. The highest BCUT2D eigenvalue weighted by Crippen LogP contribution is 2.20. The molecule has 1 aromatic carbocycles. The zero-order valence-corrected chi connectivity index (χ0v) is 12.0. The van der Waals surface area contributed by atoms with Crippen LogP contribution in [0.25, 0.3) is 0 Å². The van der Waals surface area contributed by atoms with Gasteiger partial charge in [-0.15, -0.1) is 0 Å². The van der Waals surface area contributed by atoms with Gasteiger partial charge >= 0.3 is 0 Å². The van der Waals surface area contributed by atoms with E-state index in [0.29, 0.717) is 0 Å². The molecule has 5 heteroatoms. The van der Waals surface area contributed by atoms with Crippen LogP contribution in [-0.4, -0.2) is 25.8 Å². The predicted octanol–water partition coefficient (Wildman–Crippen LogP) is 2.23. The van der Waals surface area contributed by atoms with Crippen molar-refractivity contribution in [2.75, 3.05) is 7.05 Å². The van der Waals surface area contributed by atoms with Crippen LogP contribution in [0.2, 0.25) is 0 Å². The van der Waals surface area contributed by atoms with Gasteiger partial charge in [0.25, 0.3) is 0 Å². The van der Waals surface area contributed by atoms with E-state index < -0.39 is 10.0 Å². The van der Waals surface area contributed by atoms with Gasteiger partial charge in [0.15, 0.2) is 0 Å². The van der Waals surface area contributed by atoms with Crippen molar-refractivity contribution >= 4 is 10.0 Å². The first-order valence-electron chi connectivity index (χ1n) is 5.73. The van der Waals surface area contributed by atoms with Crippen molar-refractivity contribution in [2.45, 2.75) is 38.1 Å². The maximum atomic E-state index is 12.3. The largest absolute Gasteiger partial charge is 0.243 e. The van der Waals surface area contributed by atoms with Crippen molar-refractivity contribution in [1.82, 2.24) is 4.31 Å². The fourth-order valence-corrected chi connectivity index (χ4v) is 2.98. The molecule has 1 unspecified atom stereocenters. The molecule has 1 rings (SSSR count). The minimum absolute atomic E-state index is 0.181. The summed E-state index contributed by atoms with van der Waals surface area (Å²) < 4.78 is 25.9. The first kappa shape index (κ1) is 14.7. The van der Waals surface area contributed by atoms with Gasteiger partial charge in [-0.1, -0.05) is 6.07 Å². The molecular formula is C13H18N2O2S. The van der Waals surface area contributed by atoms with Crippen LogP contribution < -0.4 is 0 Å². The highest BCUT2D eigenvalue weighted by atomic mass is 32.2. The van der Waals surface area contributed by atoms with Gasteiger partial charge in [0, 0.05) is 13.1 Å². The molecule has 0 fully saturated rings. The zero-order valence-electron chi connectivity index (χ0n) is 11.1. The van der Waals surface area contributed by atoms with E-state index in [1.54, 1.807) is 25.1 Å². The minimum Gasteiger partial charge on any atom is -0.207 e. The highest BCUT2D eigenvalue weighted by molar-refractivity contribution is 7.89. The van der Waals surface area contributed by atoms with Crippen LogP contribution in [0.15, 0.2) is 23.1 Å². The number of nitriles is 1. The molecule has 0 radical (unpaired) electrons. The van der Waals surface area contributed by atoms with Crippen molar-refractivity contribution in [3.63, 3.8) is 0 Å². The lowest BCUT2D eigenvalue weighted by atomic mass is 10.1. The Morgan fingerprint density at radius 1 is 1.33 bits per heavy atom. The third-order valence-corrected chi connectivity index (χ3v) is 5.13. The summed E-state index contributed by atoms with van der Waals surface area (Å²) in [4.78, 5) is 0.276. The van der Waals surface area contributed by atoms with Crippen LogP contribution in [0.5, 0.6) is 0 Å². The molecule has 0 N–H and O–H groups in total. The Morgan fingerprint density at radius 3 is 2.44 bits per heavy atom. The van der Waals surface area contributed by atoms with Crippen LogP contribution in [0.3, 0.4) is 0 Å². The number of aryl methyl sites for hydroxylation is 2. The van der Waals surface area contributed by atoms with Crippen LogP contribution in [0, 0.1) is 25.2 Å². The molecule has 0 bridgehead atoms. The summed E-state index contributed by atoms with van der Waals surface area (Å²) in [6.45, 7) is 5.54. The van der Waals surface area contributed by atoms with Gasteiger partial charge in [0.1, 0.15) is 0 Å². The van der Waals surface area contributed by atoms with Crippen LogP contribution in [-0.2, 0) is 10.0 Å². The smallest absolute Gasteiger partial charge is 0.207 e. The summed E-state index contributed by atoms with van der Waals surface area (Å²) in [6, 6.07) is 6.72. The van der Waals surface area contributed by atoms with E-state index in [2.05, 4.69) is 0 Å². The van der Waals surface area contributed by atoms with Crippen molar-refractivity contribution in [1.29, 1.82) is 5.26 Å². The number of hydrogen-bond donors (Lipinski definition) is 0. The molecule has 18 heavy (non-hydrogen) atoms. The highest BCUT2D eigenvalue weighted by Gasteiger charge is 2.25. The van der Waals surface area contributed by atoms with E-state index in [9.17, 15) is 8.42 Å². The van der Waals surface area contributed by atoms with Crippen molar-refractivity contribution in [3.8, 4) is 6.07 Å². The molecule has 4 nitrogen and oxygen atoms in total. The summed E-state index contributed by atoms with van der Waals surface area (Å²) in [5.41, 5.74) is 2.00. The lowest BCUT2D eigenvalue weighted by Crippen LogP contribution is -2.34. The number of nitrogens with zero attached hydrogens (tertiary/aromatic N) is 2. The van der Waals surface area contributed by atoms with Crippen molar-refractivity contribution in [3.05, 3.63) is 29.3 Å². The summed E-state index contributed by atoms with van der Waals surface area (Å²) in [5, 5.41) is 8.63. The first-order chi connectivity index (χ1) is 8.30. The lowest BCUT2D eigenvalue weighted by Gasteiger charge is -2.22. The molecule has 98 valence electrons. The van der Waals surface area contributed by atoms with Gasteiger partial charge in [0.2, 0.25) is 10.0 Å². The maximum absolute atomic E-state index is 12.3. The van der Waals surface area contributed by atoms with Gasteiger partial charge < -0.3 is 0 Å². The van der Waals surface area contributed by atoms with Gasteiger partial charge in [-0.3, -0.25) is 0 Å². The molecular weight excluding hydrogens is 248 g/mol. The van der Waals surface area contributed by atoms with Gasteiger partial charge in [-0.2, -0.15) is 9.57 Å². The molecule has 0 aliphatic carbocycles. The lowest BCUT2D eigenvalue weighted by molar-refractivity contribution is 0.393. The summed E-state index contributed by atoms with van der Waals surface area (Å²) in [6.07, 6.45) is 0.181. The topological polar surface area (TPSA) is 61.2 Å². The Balaban J connectivity index is 3.14. The Labute approximate surface area is 109 Å². The van der Waals surface area contributed by atoms with E-state index in [4.69, 9.17) is 5.26 Å². The summed E-state index contributed by atoms with van der Waals surface area (Å²) >= 11 is 0. The Kier molecular flexibility index (Phi) is 4.49. The second-order valence-electron chi connectivity index (χ2n) is 4.48. The van der Waals surface area contributed by atoms with E-state index in [1.807, 2.05) is 19.9 Å². The minimum atomic E-state index is -3.52. The second-order valence-corrected chi connectivity index (χ2v) is 6.48. The molecule has 0 saturated heterocycles. The zero-order chi connectivity index (χ0) is 13.9. The molecule has 1 atom stereocenters.